The highest BCUT2D eigenvalue weighted by Crippen LogP contribution is 2.24. The Morgan fingerprint density at radius 3 is 2.84 bits per heavy atom. The lowest BCUT2D eigenvalue weighted by atomic mass is 9.96. The van der Waals surface area contributed by atoms with Crippen molar-refractivity contribution < 1.29 is 4.79 Å². The van der Waals surface area contributed by atoms with E-state index in [-0.39, 0.29) is 11.9 Å². The van der Waals surface area contributed by atoms with Crippen LogP contribution in [0.5, 0.6) is 0 Å². The predicted molar refractivity (Wildman–Crippen MR) is 82.2 cm³/mol. The fourth-order valence-electron chi connectivity index (χ4n) is 2.64. The van der Waals surface area contributed by atoms with Crippen molar-refractivity contribution in [3.63, 3.8) is 0 Å². The summed E-state index contributed by atoms with van der Waals surface area (Å²) < 4.78 is 0. The Kier molecular flexibility index (Phi) is 5.17. The van der Waals surface area contributed by atoms with Crippen LogP contribution in [0.2, 0.25) is 5.02 Å². The molecular formula is C15H20ClNOS. The van der Waals surface area contributed by atoms with Gasteiger partial charge < -0.3 is 5.32 Å². The van der Waals surface area contributed by atoms with Crippen LogP contribution in [0.3, 0.4) is 0 Å². The zero-order chi connectivity index (χ0) is 13.8. The number of thiol groups is 1. The Labute approximate surface area is 125 Å². The van der Waals surface area contributed by atoms with Crippen LogP contribution in [0.15, 0.2) is 23.1 Å². The van der Waals surface area contributed by atoms with Crippen molar-refractivity contribution in [2.24, 2.45) is 5.92 Å². The molecule has 0 bridgehead atoms. The minimum absolute atomic E-state index is 0.0837. The second-order valence-electron chi connectivity index (χ2n) is 5.36. The van der Waals surface area contributed by atoms with Crippen molar-refractivity contribution >= 4 is 30.1 Å². The van der Waals surface area contributed by atoms with Gasteiger partial charge in [-0.25, -0.2) is 0 Å². The monoisotopic (exact) mass is 297 g/mol. The van der Waals surface area contributed by atoms with Crippen LogP contribution in [0.1, 0.15) is 49.4 Å². The summed E-state index contributed by atoms with van der Waals surface area (Å²) in [6, 6.07) is 5.49. The van der Waals surface area contributed by atoms with Crippen LogP contribution in [0.4, 0.5) is 0 Å². The lowest BCUT2D eigenvalue weighted by Crippen LogP contribution is -2.39. The van der Waals surface area contributed by atoms with Gasteiger partial charge >= 0.3 is 0 Å². The van der Waals surface area contributed by atoms with Gasteiger partial charge in [-0.1, -0.05) is 37.8 Å². The van der Waals surface area contributed by atoms with E-state index in [4.69, 9.17) is 11.6 Å². The molecule has 2 unspecified atom stereocenters. The van der Waals surface area contributed by atoms with Gasteiger partial charge in [-0.3, -0.25) is 4.79 Å². The van der Waals surface area contributed by atoms with E-state index in [1.165, 1.54) is 25.7 Å². The summed E-state index contributed by atoms with van der Waals surface area (Å²) in [5.74, 6) is 0.448. The average Bonchev–Trinajstić information content (AvgIpc) is 2.58. The quantitative estimate of drug-likeness (QED) is 0.617. The molecule has 1 saturated carbocycles. The molecule has 0 saturated heterocycles. The maximum Gasteiger partial charge on any atom is 0.253 e. The summed E-state index contributed by atoms with van der Waals surface area (Å²) in [5.41, 5.74) is 0.519. The van der Waals surface area contributed by atoms with E-state index in [0.29, 0.717) is 16.5 Å². The van der Waals surface area contributed by atoms with E-state index in [2.05, 4.69) is 24.9 Å². The van der Waals surface area contributed by atoms with Gasteiger partial charge in [0.1, 0.15) is 0 Å². The van der Waals surface area contributed by atoms with E-state index in [9.17, 15) is 4.79 Å². The van der Waals surface area contributed by atoms with Crippen LogP contribution in [0.25, 0.3) is 0 Å². The Bertz CT molecular complexity index is 463. The summed E-state index contributed by atoms with van der Waals surface area (Å²) in [4.78, 5) is 13.1. The summed E-state index contributed by atoms with van der Waals surface area (Å²) >= 11 is 10.3. The molecule has 1 aromatic carbocycles. The molecular weight excluding hydrogens is 278 g/mol. The van der Waals surface area contributed by atoms with Crippen LogP contribution < -0.4 is 5.32 Å². The number of nitrogens with one attached hydrogen (secondary N) is 1. The summed E-state index contributed by atoms with van der Waals surface area (Å²) in [5, 5.41) is 3.62. The van der Waals surface area contributed by atoms with Crippen molar-refractivity contribution in [1.82, 2.24) is 5.32 Å². The number of rotatable bonds is 2. The van der Waals surface area contributed by atoms with E-state index in [0.717, 1.165) is 11.3 Å². The van der Waals surface area contributed by atoms with Gasteiger partial charge in [0.25, 0.3) is 5.91 Å². The van der Waals surface area contributed by atoms with Gasteiger partial charge in [-0.2, -0.15) is 0 Å². The zero-order valence-electron chi connectivity index (χ0n) is 11.2. The minimum Gasteiger partial charge on any atom is -0.349 e. The number of carbonyl (C=O) groups is 1. The SMILES string of the molecule is CC1CCCCCC1NC(=O)c1cc(S)ccc1Cl. The molecule has 1 aliphatic carbocycles. The highest BCUT2D eigenvalue weighted by molar-refractivity contribution is 7.80. The first-order valence-electron chi connectivity index (χ1n) is 6.87. The summed E-state index contributed by atoms with van der Waals surface area (Å²) in [7, 11) is 0. The molecule has 104 valence electrons. The first kappa shape index (κ1) is 14.7. The highest BCUT2D eigenvalue weighted by atomic mass is 35.5. The molecule has 19 heavy (non-hydrogen) atoms. The first-order chi connectivity index (χ1) is 9.08. The normalized spacial score (nSPS) is 23.7. The molecule has 0 radical (unpaired) electrons. The van der Waals surface area contributed by atoms with Crippen LogP contribution in [-0.4, -0.2) is 11.9 Å². The Morgan fingerprint density at radius 2 is 2.05 bits per heavy atom. The molecule has 1 aliphatic rings. The molecule has 1 amide bonds. The van der Waals surface area contributed by atoms with Crippen molar-refractivity contribution in [1.29, 1.82) is 0 Å². The van der Waals surface area contributed by atoms with E-state index >= 15 is 0 Å². The molecule has 0 aliphatic heterocycles. The predicted octanol–water partition coefficient (Wildman–Crippen LogP) is 4.33. The first-order valence-corrected chi connectivity index (χ1v) is 7.70. The minimum atomic E-state index is -0.0837. The molecule has 2 nitrogen and oxygen atoms in total. The van der Waals surface area contributed by atoms with Crippen LogP contribution >= 0.6 is 24.2 Å². The highest BCUT2D eigenvalue weighted by Gasteiger charge is 2.22. The fraction of sp³-hybridized carbons (Fsp3) is 0.533. The number of benzene rings is 1. The van der Waals surface area contributed by atoms with Crippen molar-refractivity contribution in [3.05, 3.63) is 28.8 Å². The molecule has 2 rings (SSSR count). The van der Waals surface area contributed by atoms with Gasteiger partial charge in [0.2, 0.25) is 0 Å². The average molecular weight is 298 g/mol. The third-order valence-electron chi connectivity index (χ3n) is 3.87. The molecule has 0 heterocycles. The maximum atomic E-state index is 12.3. The molecule has 1 aromatic rings. The zero-order valence-corrected chi connectivity index (χ0v) is 12.8. The van der Waals surface area contributed by atoms with Gasteiger partial charge in [0, 0.05) is 10.9 Å². The molecule has 1 fully saturated rings. The Morgan fingerprint density at radius 1 is 1.32 bits per heavy atom. The number of halogens is 1. The smallest absolute Gasteiger partial charge is 0.253 e. The topological polar surface area (TPSA) is 29.1 Å². The van der Waals surface area contributed by atoms with E-state index < -0.39 is 0 Å². The van der Waals surface area contributed by atoms with Crippen LogP contribution in [-0.2, 0) is 0 Å². The lowest BCUT2D eigenvalue weighted by molar-refractivity contribution is 0.0921. The molecule has 2 atom stereocenters. The summed E-state index contributed by atoms with van der Waals surface area (Å²) in [6.45, 7) is 2.22. The van der Waals surface area contributed by atoms with Crippen LogP contribution in [0, 0.1) is 5.92 Å². The van der Waals surface area contributed by atoms with Gasteiger partial charge in [-0.05, 0) is 37.0 Å². The third-order valence-corrected chi connectivity index (χ3v) is 4.48. The lowest BCUT2D eigenvalue weighted by Gasteiger charge is -2.23. The van der Waals surface area contributed by atoms with E-state index in [1.807, 2.05) is 0 Å². The maximum absolute atomic E-state index is 12.3. The number of carbonyl (C=O) groups excluding carboxylic acids is 1. The van der Waals surface area contributed by atoms with Crippen molar-refractivity contribution in [2.45, 2.75) is 50.0 Å². The second-order valence-corrected chi connectivity index (χ2v) is 6.28. The van der Waals surface area contributed by atoms with Gasteiger partial charge in [-0.15, -0.1) is 12.6 Å². The van der Waals surface area contributed by atoms with Gasteiger partial charge in [0.15, 0.2) is 0 Å². The molecule has 0 aromatic heterocycles. The van der Waals surface area contributed by atoms with Gasteiger partial charge in [0.05, 0.1) is 10.6 Å². The number of amides is 1. The Balaban J connectivity index is 2.09. The molecule has 4 heteroatoms. The van der Waals surface area contributed by atoms with Crippen molar-refractivity contribution in [2.75, 3.05) is 0 Å². The van der Waals surface area contributed by atoms with E-state index in [1.54, 1.807) is 18.2 Å². The van der Waals surface area contributed by atoms with Crippen molar-refractivity contribution in [3.8, 4) is 0 Å². The summed E-state index contributed by atoms with van der Waals surface area (Å²) in [6.07, 6.45) is 5.97. The number of hydrogen-bond acceptors (Lipinski definition) is 2. The third kappa shape index (κ3) is 3.90. The fourth-order valence-corrected chi connectivity index (χ4v) is 3.05. The Hall–Kier alpha value is -0.670. The number of hydrogen-bond donors (Lipinski definition) is 2. The molecule has 1 N–H and O–H groups in total. The largest absolute Gasteiger partial charge is 0.349 e. The molecule has 0 spiro atoms. The second kappa shape index (κ2) is 6.67. The standard InChI is InChI=1S/C15H20ClNOS/c1-10-5-3-2-4-6-14(10)17-15(18)12-9-11(19)7-8-13(12)16/h7-10,14,19H,2-6H2,1H3,(H,17,18).